The monoisotopic (exact) mass is 360 g/mol. The maximum absolute atomic E-state index is 12.4. The molecule has 1 heterocycles. The molecule has 1 aliphatic heterocycles. The van der Waals surface area contributed by atoms with Crippen LogP contribution in [0.2, 0.25) is 0 Å². The summed E-state index contributed by atoms with van der Waals surface area (Å²) in [4.78, 5) is 26.6. The van der Waals surface area contributed by atoms with Gasteiger partial charge in [0.1, 0.15) is 5.75 Å². The fraction of sp³-hybridized carbons (Fsp3) is 0.600. The van der Waals surface area contributed by atoms with Crippen molar-refractivity contribution in [2.45, 2.75) is 38.2 Å². The van der Waals surface area contributed by atoms with E-state index in [-0.39, 0.29) is 30.2 Å². The van der Waals surface area contributed by atoms with Crippen LogP contribution in [0.1, 0.15) is 43.8 Å². The van der Waals surface area contributed by atoms with E-state index >= 15 is 0 Å². The van der Waals surface area contributed by atoms with Gasteiger partial charge in [-0.05, 0) is 43.4 Å². The van der Waals surface area contributed by atoms with Crippen molar-refractivity contribution in [3.63, 3.8) is 0 Å². The van der Waals surface area contributed by atoms with Gasteiger partial charge in [-0.1, -0.05) is 18.6 Å². The molecule has 6 nitrogen and oxygen atoms in total. The van der Waals surface area contributed by atoms with E-state index < -0.39 is 6.10 Å². The second kappa shape index (κ2) is 8.54. The van der Waals surface area contributed by atoms with E-state index in [4.69, 9.17) is 4.74 Å². The van der Waals surface area contributed by atoms with Crippen LogP contribution >= 0.6 is 0 Å². The Morgan fingerprint density at radius 1 is 1.23 bits per heavy atom. The summed E-state index contributed by atoms with van der Waals surface area (Å²) in [7, 11) is 1.58. The minimum atomic E-state index is -0.769. The smallest absolute Gasteiger partial charge is 0.225 e. The van der Waals surface area contributed by atoms with Crippen LogP contribution in [0.3, 0.4) is 0 Å². The van der Waals surface area contributed by atoms with Gasteiger partial charge >= 0.3 is 0 Å². The van der Waals surface area contributed by atoms with E-state index in [2.05, 4.69) is 5.32 Å². The molecule has 1 aromatic rings. The Kier molecular flexibility index (Phi) is 6.14. The summed E-state index contributed by atoms with van der Waals surface area (Å²) in [6, 6.07) is 7.20. The SMILES string of the molecule is COc1cccc([C@@H](O)CNC(=O)C2CCN(C(=O)C3CCC3)CC2)c1. The number of nitrogens with zero attached hydrogens (tertiary/aromatic N) is 1. The molecule has 1 saturated carbocycles. The van der Waals surface area contributed by atoms with Crippen molar-refractivity contribution in [1.82, 2.24) is 10.2 Å². The van der Waals surface area contributed by atoms with Gasteiger partial charge in [0, 0.05) is 31.5 Å². The van der Waals surface area contributed by atoms with Gasteiger partial charge in [-0.2, -0.15) is 0 Å². The van der Waals surface area contributed by atoms with E-state index in [0.29, 0.717) is 37.2 Å². The van der Waals surface area contributed by atoms with Crippen LogP contribution in [-0.2, 0) is 9.59 Å². The number of amides is 2. The number of nitrogens with one attached hydrogen (secondary N) is 1. The molecule has 1 saturated heterocycles. The predicted molar refractivity (Wildman–Crippen MR) is 97.6 cm³/mol. The largest absolute Gasteiger partial charge is 0.497 e. The summed E-state index contributed by atoms with van der Waals surface area (Å²) < 4.78 is 5.15. The first-order valence-corrected chi connectivity index (χ1v) is 9.47. The van der Waals surface area contributed by atoms with Crippen molar-refractivity contribution in [1.29, 1.82) is 0 Å². The maximum Gasteiger partial charge on any atom is 0.225 e. The number of carbonyl (C=O) groups excluding carboxylic acids is 2. The number of aliphatic hydroxyl groups is 1. The van der Waals surface area contributed by atoms with Crippen LogP contribution in [0.4, 0.5) is 0 Å². The molecular formula is C20H28N2O4. The molecule has 142 valence electrons. The summed E-state index contributed by atoms with van der Waals surface area (Å²) in [5.41, 5.74) is 0.713. The number of carbonyl (C=O) groups is 2. The third kappa shape index (κ3) is 4.36. The van der Waals surface area contributed by atoms with Gasteiger partial charge in [0.15, 0.2) is 0 Å². The molecular weight excluding hydrogens is 332 g/mol. The number of hydrogen-bond donors (Lipinski definition) is 2. The zero-order chi connectivity index (χ0) is 18.5. The number of piperidine rings is 1. The standard InChI is InChI=1S/C20H28N2O4/c1-26-17-7-3-6-16(12-17)18(23)13-21-19(24)14-8-10-22(11-9-14)20(25)15-4-2-5-15/h3,6-7,12,14-15,18,23H,2,4-5,8-11,13H2,1H3,(H,21,24)/t18-/m0/s1. The molecule has 0 spiro atoms. The first-order valence-electron chi connectivity index (χ1n) is 9.47. The number of methoxy groups -OCH3 is 1. The van der Waals surface area contributed by atoms with Gasteiger partial charge in [0.05, 0.1) is 13.2 Å². The van der Waals surface area contributed by atoms with Crippen LogP contribution in [0.25, 0.3) is 0 Å². The average molecular weight is 360 g/mol. The van der Waals surface area contributed by atoms with Gasteiger partial charge in [-0.15, -0.1) is 0 Å². The van der Waals surface area contributed by atoms with E-state index in [1.165, 1.54) is 0 Å². The zero-order valence-corrected chi connectivity index (χ0v) is 15.3. The Morgan fingerprint density at radius 3 is 2.58 bits per heavy atom. The summed E-state index contributed by atoms with van der Waals surface area (Å²) in [5.74, 6) is 1.04. The molecule has 0 bridgehead atoms. The molecule has 0 aromatic heterocycles. The minimum absolute atomic E-state index is 0.0392. The minimum Gasteiger partial charge on any atom is -0.497 e. The Balaban J connectivity index is 1.43. The highest BCUT2D eigenvalue weighted by atomic mass is 16.5. The van der Waals surface area contributed by atoms with Gasteiger partial charge in [0.2, 0.25) is 11.8 Å². The van der Waals surface area contributed by atoms with Crippen LogP contribution in [0.15, 0.2) is 24.3 Å². The van der Waals surface area contributed by atoms with Gasteiger partial charge in [-0.3, -0.25) is 9.59 Å². The van der Waals surface area contributed by atoms with Gasteiger partial charge in [-0.25, -0.2) is 0 Å². The second-order valence-electron chi connectivity index (χ2n) is 7.26. The van der Waals surface area contributed by atoms with Crippen LogP contribution < -0.4 is 10.1 Å². The summed E-state index contributed by atoms with van der Waals surface area (Å²) in [6.45, 7) is 1.49. The van der Waals surface area contributed by atoms with Crippen molar-refractivity contribution >= 4 is 11.8 Å². The van der Waals surface area contributed by atoms with Crippen molar-refractivity contribution in [3.05, 3.63) is 29.8 Å². The molecule has 2 fully saturated rings. The van der Waals surface area contributed by atoms with E-state index in [1.54, 1.807) is 13.2 Å². The molecule has 1 aromatic carbocycles. The summed E-state index contributed by atoms with van der Waals surface area (Å²) >= 11 is 0. The molecule has 1 aliphatic carbocycles. The Labute approximate surface area is 154 Å². The topological polar surface area (TPSA) is 78.9 Å². The number of likely N-dealkylation sites (tertiary alicyclic amines) is 1. The fourth-order valence-electron chi connectivity index (χ4n) is 3.58. The Hall–Kier alpha value is -2.08. The Bertz CT molecular complexity index is 636. The quantitative estimate of drug-likeness (QED) is 0.812. The van der Waals surface area contributed by atoms with Crippen LogP contribution in [-0.4, -0.2) is 48.6 Å². The average Bonchev–Trinajstić information content (AvgIpc) is 2.64. The first kappa shape index (κ1) is 18.7. The summed E-state index contributed by atoms with van der Waals surface area (Å²) in [6.07, 6.45) is 3.81. The lowest BCUT2D eigenvalue weighted by Gasteiger charge is -2.36. The van der Waals surface area contributed by atoms with Crippen molar-refractivity contribution in [3.8, 4) is 5.75 Å². The lowest BCUT2D eigenvalue weighted by atomic mass is 9.83. The number of benzene rings is 1. The van der Waals surface area contributed by atoms with Crippen molar-refractivity contribution < 1.29 is 19.4 Å². The number of ether oxygens (including phenoxy) is 1. The number of rotatable bonds is 6. The fourth-order valence-corrected chi connectivity index (χ4v) is 3.58. The first-order chi connectivity index (χ1) is 12.6. The molecule has 6 heteroatoms. The lowest BCUT2D eigenvalue weighted by molar-refractivity contribution is -0.141. The molecule has 1 atom stereocenters. The van der Waals surface area contributed by atoms with Crippen LogP contribution in [0, 0.1) is 11.8 Å². The molecule has 0 radical (unpaired) electrons. The third-order valence-electron chi connectivity index (χ3n) is 5.58. The highest BCUT2D eigenvalue weighted by Gasteiger charge is 2.33. The van der Waals surface area contributed by atoms with Crippen molar-refractivity contribution in [2.75, 3.05) is 26.7 Å². The Morgan fingerprint density at radius 2 is 1.96 bits per heavy atom. The highest BCUT2D eigenvalue weighted by molar-refractivity contribution is 5.81. The molecule has 2 N–H and O–H groups in total. The highest BCUT2D eigenvalue weighted by Crippen LogP contribution is 2.30. The van der Waals surface area contributed by atoms with Gasteiger partial charge in [0.25, 0.3) is 0 Å². The molecule has 0 unspecified atom stereocenters. The molecule has 2 amide bonds. The van der Waals surface area contributed by atoms with Gasteiger partial charge < -0.3 is 20.1 Å². The maximum atomic E-state index is 12.4. The number of aliphatic hydroxyl groups excluding tert-OH is 1. The van der Waals surface area contributed by atoms with E-state index in [1.807, 2.05) is 23.1 Å². The van der Waals surface area contributed by atoms with E-state index in [0.717, 1.165) is 19.3 Å². The molecule has 26 heavy (non-hydrogen) atoms. The third-order valence-corrected chi connectivity index (χ3v) is 5.58. The zero-order valence-electron chi connectivity index (χ0n) is 15.3. The normalized spacial score (nSPS) is 19.5. The van der Waals surface area contributed by atoms with E-state index in [9.17, 15) is 14.7 Å². The summed E-state index contributed by atoms with van der Waals surface area (Å²) in [5, 5.41) is 13.1. The second-order valence-corrected chi connectivity index (χ2v) is 7.26. The number of hydrogen-bond acceptors (Lipinski definition) is 4. The molecule has 2 aliphatic rings. The lowest BCUT2D eigenvalue weighted by Crippen LogP contribution is -2.46. The van der Waals surface area contributed by atoms with Crippen molar-refractivity contribution in [2.24, 2.45) is 11.8 Å². The predicted octanol–water partition coefficient (Wildman–Crippen LogP) is 1.88. The van der Waals surface area contributed by atoms with Crippen LogP contribution in [0.5, 0.6) is 5.75 Å². The molecule has 3 rings (SSSR count).